The van der Waals surface area contributed by atoms with E-state index >= 15 is 0 Å². The summed E-state index contributed by atoms with van der Waals surface area (Å²) < 4.78 is 5.96. The minimum atomic E-state index is -0.551. The molecule has 2 aromatic rings. The van der Waals surface area contributed by atoms with Gasteiger partial charge < -0.3 is 9.84 Å². The Hall–Kier alpha value is -2.18. The first-order chi connectivity index (χ1) is 15.9. The fraction of sp³-hybridized carbons (Fsp3) is 0.586. The smallest absolute Gasteiger partial charge is 0.270 e. The summed E-state index contributed by atoms with van der Waals surface area (Å²) in [7, 11) is 0. The largest absolute Gasteiger partial charge is 0.491 e. The quantitative estimate of drug-likeness (QED) is 0.411. The number of nitrogens with zero attached hydrogens (tertiary/aromatic N) is 1. The van der Waals surface area contributed by atoms with Crippen LogP contribution in [0.3, 0.4) is 0 Å². The van der Waals surface area contributed by atoms with Crippen molar-refractivity contribution in [2.45, 2.75) is 93.1 Å². The van der Waals surface area contributed by atoms with Gasteiger partial charge in [-0.2, -0.15) is 0 Å². The molecule has 0 saturated carbocycles. The van der Waals surface area contributed by atoms with E-state index in [9.17, 15) is 14.7 Å². The van der Waals surface area contributed by atoms with Crippen LogP contribution in [0.5, 0.6) is 5.75 Å². The summed E-state index contributed by atoms with van der Waals surface area (Å²) >= 11 is 1.53. The van der Waals surface area contributed by atoms with Gasteiger partial charge in [0.2, 0.25) is 5.91 Å². The number of hydrogen-bond donors (Lipinski definition) is 1. The topological polar surface area (TPSA) is 66.8 Å². The number of aliphatic hydroxyl groups is 1. The molecule has 0 bridgehead atoms. The van der Waals surface area contributed by atoms with Gasteiger partial charge >= 0.3 is 0 Å². The van der Waals surface area contributed by atoms with Crippen molar-refractivity contribution >= 4 is 23.2 Å². The lowest BCUT2D eigenvalue weighted by atomic mass is 9.74. The van der Waals surface area contributed by atoms with Gasteiger partial charge in [-0.25, -0.2) is 0 Å². The number of aryl methyl sites for hydroxylation is 2. The maximum Gasteiger partial charge on any atom is 0.270 e. The van der Waals surface area contributed by atoms with Gasteiger partial charge in [-0.1, -0.05) is 54.2 Å². The second-order valence-electron chi connectivity index (χ2n) is 10.5. The Labute approximate surface area is 215 Å². The van der Waals surface area contributed by atoms with Crippen LogP contribution in [0.1, 0.15) is 99.0 Å². The van der Waals surface area contributed by atoms with Crippen LogP contribution in [0.15, 0.2) is 24.3 Å². The van der Waals surface area contributed by atoms with Crippen LogP contribution in [-0.2, 0) is 10.2 Å². The molecule has 0 spiro atoms. The van der Waals surface area contributed by atoms with Crippen molar-refractivity contribution in [2.24, 2.45) is 5.41 Å². The second-order valence-corrected chi connectivity index (χ2v) is 11.6. The zero-order valence-electron chi connectivity index (χ0n) is 21.7. The molecule has 0 aliphatic carbocycles. The Kier molecular flexibility index (Phi) is 9.34. The van der Waals surface area contributed by atoms with Crippen LogP contribution in [0.4, 0.5) is 0 Å². The maximum absolute atomic E-state index is 13.1. The molecule has 35 heavy (non-hydrogen) atoms. The highest BCUT2D eigenvalue weighted by atomic mass is 32.1. The zero-order chi connectivity index (χ0) is 25.3. The molecule has 1 aromatic heterocycles. The van der Waals surface area contributed by atoms with Crippen LogP contribution < -0.4 is 4.74 Å². The summed E-state index contributed by atoms with van der Waals surface area (Å²) in [4.78, 5) is 28.5. The number of rotatable bonds is 8. The number of aliphatic hydroxyl groups excluding tert-OH is 1. The number of amides is 2. The lowest BCUT2D eigenvalue weighted by Gasteiger charge is -2.32. The molecule has 2 amide bonds. The normalized spacial score (nSPS) is 15.2. The van der Waals surface area contributed by atoms with Crippen molar-refractivity contribution in [1.82, 2.24) is 4.90 Å². The molecule has 3 rings (SSSR count). The highest BCUT2D eigenvalue weighted by Gasteiger charge is 2.36. The standard InChI is InChI=1S/C28H39NO4S.CH4/c1-8-28(9-2,20-12-13-21(18(3)15-20)33-17-22(30)27(5,6)7)23-16-19(4)25(34-23)26(32)29-14-10-11-24(29)31;/h12-13,15-16,22,30H,8-11,14,17H2,1-7H3;1H4. The van der Waals surface area contributed by atoms with Crippen LogP contribution in [0.2, 0.25) is 0 Å². The van der Waals surface area contributed by atoms with E-state index in [-0.39, 0.29) is 36.7 Å². The monoisotopic (exact) mass is 501 g/mol. The van der Waals surface area contributed by atoms with E-state index in [0.29, 0.717) is 17.8 Å². The zero-order valence-corrected chi connectivity index (χ0v) is 22.5. The average Bonchev–Trinajstić information content (AvgIpc) is 3.39. The van der Waals surface area contributed by atoms with Gasteiger partial charge in [0.05, 0.1) is 11.0 Å². The third kappa shape index (κ3) is 5.80. The van der Waals surface area contributed by atoms with Gasteiger partial charge in [0.1, 0.15) is 12.4 Å². The molecule has 1 N–H and O–H groups in total. The Bertz CT molecular complexity index is 1050. The molecule has 6 heteroatoms. The Balaban J connectivity index is 0.00000432. The molecular formula is C29H43NO4S. The number of imide groups is 1. The van der Waals surface area contributed by atoms with Crippen molar-refractivity contribution in [3.8, 4) is 5.75 Å². The Morgan fingerprint density at radius 2 is 1.80 bits per heavy atom. The van der Waals surface area contributed by atoms with E-state index in [1.807, 2.05) is 40.7 Å². The third-order valence-corrected chi connectivity index (χ3v) is 8.66. The molecule has 0 radical (unpaired) electrons. The van der Waals surface area contributed by atoms with E-state index < -0.39 is 6.10 Å². The first kappa shape index (κ1) is 29.1. The van der Waals surface area contributed by atoms with Gasteiger partial charge in [-0.3, -0.25) is 14.5 Å². The molecule has 1 aliphatic rings. The number of thiophene rings is 1. The number of hydrogen-bond acceptors (Lipinski definition) is 5. The summed E-state index contributed by atoms with van der Waals surface area (Å²) in [6.45, 7) is 15.1. The molecule has 5 nitrogen and oxygen atoms in total. The van der Waals surface area contributed by atoms with Gasteiger partial charge in [-0.05, 0) is 67.3 Å². The van der Waals surface area contributed by atoms with Crippen LogP contribution in [-0.4, -0.2) is 41.1 Å². The van der Waals surface area contributed by atoms with E-state index in [4.69, 9.17) is 4.74 Å². The molecule has 1 aliphatic heterocycles. The lowest BCUT2D eigenvalue weighted by Crippen LogP contribution is -2.32. The first-order valence-corrected chi connectivity index (χ1v) is 13.1. The predicted molar refractivity (Wildman–Crippen MR) is 145 cm³/mol. The van der Waals surface area contributed by atoms with E-state index in [2.05, 4.69) is 32.0 Å². The summed E-state index contributed by atoms with van der Waals surface area (Å²) in [6.07, 6.45) is 2.43. The maximum atomic E-state index is 13.1. The van der Waals surface area contributed by atoms with Gasteiger partial charge in [-0.15, -0.1) is 11.3 Å². The molecule has 1 atom stereocenters. The second kappa shape index (κ2) is 11.3. The van der Waals surface area contributed by atoms with Gasteiger partial charge in [0.15, 0.2) is 0 Å². The predicted octanol–water partition coefficient (Wildman–Crippen LogP) is 6.66. The number of likely N-dealkylation sites (tertiary alicyclic amines) is 1. The van der Waals surface area contributed by atoms with Gasteiger partial charge in [0.25, 0.3) is 5.91 Å². The SMILES string of the molecule is C.CCC(CC)(c1ccc(OCC(O)C(C)(C)C)c(C)c1)c1cc(C)c(C(=O)N2CCCC2=O)s1. The molecule has 1 unspecified atom stereocenters. The van der Waals surface area contributed by atoms with E-state index in [1.54, 1.807) is 0 Å². The molecule has 1 saturated heterocycles. The van der Waals surface area contributed by atoms with Crippen molar-refractivity contribution in [3.05, 3.63) is 50.7 Å². The number of carbonyl (C=O) groups excluding carboxylic acids is 2. The average molecular weight is 502 g/mol. The van der Waals surface area contributed by atoms with Crippen LogP contribution in [0, 0.1) is 19.3 Å². The highest BCUT2D eigenvalue weighted by Crippen LogP contribution is 2.44. The van der Waals surface area contributed by atoms with E-state index in [1.165, 1.54) is 21.8 Å². The van der Waals surface area contributed by atoms with Crippen LogP contribution in [0.25, 0.3) is 0 Å². The minimum Gasteiger partial charge on any atom is -0.491 e. The van der Waals surface area contributed by atoms with Gasteiger partial charge in [0, 0.05) is 23.3 Å². The highest BCUT2D eigenvalue weighted by molar-refractivity contribution is 7.14. The third-order valence-electron chi connectivity index (χ3n) is 7.23. The van der Waals surface area contributed by atoms with Crippen molar-refractivity contribution in [2.75, 3.05) is 13.2 Å². The summed E-state index contributed by atoms with van der Waals surface area (Å²) in [6, 6.07) is 8.41. The molecule has 194 valence electrons. The van der Waals surface area contributed by atoms with Crippen molar-refractivity contribution in [1.29, 1.82) is 0 Å². The fourth-order valence-corrected chi connectivity index (χ4v) is 6.07. The minimum absolute atomic E-state index is 0. The molecular weight excluding hydrogens is 458 g/mol. The summed E-state index contributed by atoms with van der Waals surface area (Å²) in [5.41, 5.74) is 2.69. The van der Waals surface area contributed by atoms with E-state index in [0.717, 1.165) is 41.0 Å². The molecule has 1 aromatic carbocycles. The number of carbonyl (C=O) groups is 2. The lowest BCUT2D eigenvalue weighted by molar-refractivity contribution is -0.125. The molecule has 1 fully saturated rings. The Morgan fingerprint density at radius 3 is 2.31 bits per heavy atom. The van der Waals surface area contributed by atoms with Crippen molar-refractivity contribution in [3.63, 3.8) is 0 Å². The Morgan fingerprint density at radius 1 is 1.14 bits per heavy atom. The fourth-order valence-electron chi connectivity index (χ4n) is 4.59. The van der Waals surface area contributed by atoms with Crippen molar-refractivity contribution < 1.29 is 19.4 Å². The number of ether oxygens (including phenoxy) is 1. The molecule has 2 heterocycles. The summed E-state index contributed by atoms with van der Waals surface area (Å²) in [5, 5.41) is 10.3. The first-order valence-electron chi connectivity index (χ1n) is 12.3. The van der Waals surface area contributed by atoms with Crippen LogP contribution >= 0.6 is 11.3 Å². The number of benzene rings is 1. The summed E-state index contributed by atoms with van der Waals surface area (Å²) in [5.74, 6) is 0.549.